The number of hydrogen-bond acceptors (Lipinski definition) is 2. The van der Waals surface area contributed by atoms with E-state index in [4.69, 9.17) is 0 Å². The summed E-state index contributed by atoms with van der Waals surface area (Å²) in [6.07, 6.45) is 5.73. The molecular weight excluding hydrogens is 176 g/mol. The van der Waals surface area contributed by atoms with Crippen LogP contribution in [0.4, 0.5) is 0 Å². The summed E-state index contributed by atoms with van der Waals surface area (Å²) >= 11 is 0. The van der Waals surface area contributed by atoms with Crippen molar-refractivity contribution < 1.29 is 4.79 Å². The number of carbonyl (C=O) groups excluding carboxylic acids is 1. The maximum absolute atomic E-state index is 11.8. The predicted octanol–water partition coefficient (Wildman–Crippen LogP) is 1.24. The van der Waals surface area contributed by atoms with Gasteiger partial charge < -0.3 is 10.2 Å². The van der Waals surface area contributed by atoms with Crippen LogP contribution >= 0.6 is 0 Å². The molecule has 0 aliphatic heterocycles. The van der Waals surface area contributed by atoms with Gasteiger partial charge in [0.1, 0.15) is 0 Å². The van der Waals surface area contributed by atoms with Gasteiger partial charge in [-0.1, -0.05) is 12.8 Å². The third kappa shape index (κ3) is 3.29. The van der Waals surface area contributed by atoms with E-state index in [0.717, 1.165) is 32.4 Å². The highest BCUT2D eigenvalue weighted by molar-refractivity contribution is 5.78. The summed E-state index contributed by atoms with van der Waals surface area (Å²) in [4.78, 5) is 13.7. The molecule has 82 valence electrons. The number of amides is 1. The van der Waals surface area contributed by atoms with Crippen molar-refractivity contribution in [1.82, 2.24) is 10.2 Å². The molecule has 0 aromatic heterocycles. The second-order valence-electron chi connectivity index (χ2n) is 4.20. The average molecular weight is 198 g/mol. The fraction of sp³-hybridized carbons (Fsp3) is 0.909. The molecule has 1 saturated carbocycles. The van der Waals surface area contributed by atoms with Gasteiger partial charge in [-0.3, -0.25) is 4.79 Å². The predicted molar refractivity (Wildman–Crippen MR) is 58.1 cm³/mol. The lowest BCUT2D eigenvalue weighted by Crippen LogP contribution is -2.33. The summed E-state index contributed by atoms with van der Waals surface area (Å²) in [5.41, 5.74) is 0. The van der Waals surface area contributed by atoms with Crippen LogP contribution in [0, 0.1) is 5.92 Å². The highest BCUT2D eigenvalue weighted by atomic mass is 16.2. The molecule has 0 saturated heterocycles. The third-order valence-electron chi connectivity index (χ3n) is 3.00. The fourth-order valence-electron chi connectivity index (χ4n) is 2.09. The molecule has 0 unspecified atom stereocenters. The second-order valence-corrected chi connectivity index (χ2v) is 4.20. The maximum Gasteiger partial charge on any atom is 0.225 e. The van der Waals surface area contributed by atoms with Gasteiger partial charge in [0.15, 0.2) is 0 Å². The van der Waals surface area contributed by atoms with E-state index in [0.29, 0.717) is 11.8 Å². The van der Waals surface area contributed by atoms with Gasteiger partial charge in [-0.15, -0.1) is 0 Å². The molecule has 0 aromatic carbocycles. The Bertz CT molecular complexity index is 176. The zero-order valence-corrected chi connectivity index (χ0v) is 9.38. The van der Waals surface area contributed by atoms with Crippen LogP contribution in [0.5, 0.6) is 0 Å². The zero-order valence-electron chi connectivity index (χ0n) is 9.38. The van der Waals surface area contributed by atoms with Crippen molar-refractivity contribution in [2.75, 3.05) is 27.2 Å². The van der Waals surface area contributed by atoms with E-state index in [9.17, 15) is 4.79 Å². The summed E-state index contributed by atoms with van der Waals surface area (Å²) in [5.74, 6) is 0.688. The standard InChI is InChI=1S/C11H22N2O/c1-12-8-5-9-13(2)11(14)10-6-3-4-7-10/h10,12H,3-9H2,1-2H3. The molecule has 3 heteroatoms. The van der Waals surface area contributed by atoms with Gasteiger partial charge in [0, 0.05) is 19.5 Å². The van der Waals surface area contributed by atoms with Crippen molar-refractivity contribution in [1.29, 1.82) is 0 Å². The van der Waals surface area contributed by atoms with E-state index in [1.165, 1.54) is 12.8 Å². The molecule has 0 bridgehead atoms. The maximum atomic E-state index is 11.8. The van der Waals surface area contributed by atoms with E-state index in [1.54, 1.807) is 0 Å². The van der Waals surface area contributed by atoms with Crippen LogP contribution in [0.15, 0.2) is 0 Å². The Morgan fingerprint density at radius 2 is 2.07 bits per heavy atom. The van der Waals surface area contributed by atoms with Crippen LogP contribution in [-0.4, -0.2) is 38.0 Å². The van der Waals surface area contributed by atoms with Gasteiger partial charge in [0.25, 0.3) is 0 Å². The quantitative estimate of drug-likeness (QED) is 0.674. The van der Waals surface area contributed by atoms with Gasteiger partial charge in [0.05, 0.1) is 0 Å². The summed E-state index contributed by atoms with van der Waals surface area (Å²) in [5, 5.41) is 3.09. The zero-order chi connectivity index (χ0) is 10.4. The van der Waals surface area contributed by atoms with Crippen molar-refractivity contribution in [3.63, 3.8) is 0 Å². The van der Waals surface area contributed by atoms with Crippen molar-refractivity contribution in [3.8, 4) is 0 Å². The first-order chi connectivity index (χ1) is 6.75. The van der Waals surface area contributed by atoms with Crippen molar-refractivity contribution in [3.05, 3.63) is 0 Å². The van der Waals surface area contributed by atoms with Crippen molar-refractivity contribution in [2.24, 2.45) is 5.92 Å². The molecule has 0 aromatic rings. The Labute approximate surface area is 86.9 Å². The van der Waals surface area contributed by atoms with Gasteiger partial charge in [-0.2, -0.15) is 0 Å². The molecule has 1 fully saturated rings. The topological polar surface area (TPSA) is 32.3 Å². The lowest BCUT2D eigenvalue weighted by atomic mass is 10.1. The monoisotopic (exact) mass is 198 g/mol. The van der Waals surface area contributed by atoms with Gasteiger partial charge in [0.2, 0.25) is 5.91 Å². The van der Waals surface area contributed by atoms with E-state index in [2.05, 4.69) is 5.32 Å². The largest absolute Gasteiger partial charge is 0.345 e. The SMILES string of the molecule is CNCCCN(C)C(=O)C1CCCC1. The van der Waals surface area contributed by atoms with Crippen LogP contribution in [0.2, 0.25) is 0 Å². The summed E-state index contributed by atoms with van der Waals surface area (Å²) in [6, 6.07) is 0. The average Bonchev–Trinajstić information content (AvgIpc) is 2.69. The van der Waals surface area contributed by atoms with E-state index < -0.39 is 0 Å². The highest BCUT2D eigenvalue weighted by Crippen LogP contribution is 2.26. The van der Waals surface area contributed by atoms with Crippen LogP contribution in [0.1, 0.15) is 32.1 Å². The van der Waals surface area contributed by atoms with Crippen LogP contribution in [0.3, 0.4) is 0 Å². The summed E-state index contributed by atoms with van der Waals surface area (Å²) < 4.78 is 0. The number of rotatable bonds is 5. The molecule has 1 amide bonds. The highest BCUT2D eigenvalue weighted by Gasteiger charge is 2.24. The molecule has 3 nitrogen and oxygen atoms in total. The van der Waals surface area contributed by atoms with Crippen molar-refractivity contribution >= 4 is 5.91 Å². The first kappa shape index (κ1) is 11.5. The number of nitrogens with zero attached hydrogens (tertiary/aromatic N) is 1. The summed E-state index contributed by atoms with van der Waals surface area (Å²) in [7, 11) is 3.87. The van der Waals surface area contributed by atoms with E-state index in [-0.39, 0.29) is 0 Å². The number of carbonyl (C=O) groups is 1. The molecule has 0 spiro atoms. The van der Waals surface area contributed by atoms with Crippen LogP contribution in [-0.2, 0) is 4.79 Å². The van der Waals surface area contributed by atoms with Crippen LogP contribution in [0.25, 0.3) is 0 Å². The molecule has 1 aliphatic rings. The van der Waals surface area contributed by atoms with E-state index >= 15 is 0 Å². The minimum Gasteiger partial charge on any atom is -0.345 e. The number of hydrogen-bond donors (Lipinski definition) is 1. The molecule has 1 aliphatic carbocycles. The fourth-order valence-corrected chi connectivity index (χ4v) is 2.09. The molecule has 0 radical (unpaired) electrons. The van der Waals surface area contributed by atoms with Crippen molar-refractivity contribution in [2.45, 2.75) is 32.1 Å². The first-order valence-corrected chi connectivity index (χ1v) is 5.65. The Morgan fingerprint density at radius 1 is 1.43 bits per heavy atom. The molecule has 0 atom stereocenters. The second kappa shape index (κ2) is 6.02. The van der Waals surface area contributed by atoms with Crippen LogP contribution < -0.4 is 5.32 Å². The Hall–Kier alpha value is -0.570. The minimum atomic E-state index is 0.328. The summed E-state index contributed by atoms with van der Waals surface area (Å²) in [6.45, 7) is 1.87. The normalized spacial score (nSPS) is 17.3. The van der Waals surface area contributed by atoms with Gasteiger partial charge in [-0.25, -0.2) is 0 Å². The Balaban J connectivity index is 2.21. The smallest absolute Gasteiger partial charge is 0.225 e. The molecule has 1 N–H and O–H groups in total. The minimum absolute atomic E-state index is 0.328. The molecule has 1 rings (SSSR count). The molecular formula is C11H22N2O. The Kier molecular flexibility index (Phi) is 4.94. The number of nitrogens with one attached hydrogen (secondary N) is 1. The molecule has 0 heterocycles. The van der Waals surface area contributed by atoms with Gasteiger partial charge >= 0.3 is 0 Å². The van der Waals surface area contributed by atoms with Gasteiger partial charge in [-0.05, 0) is 32.9 Å². The molecule has 14 heavy (non-hydrogen) atoms. The Morgan fingerprint density at radius 3 is 2.64 bits per heavy atom. The van der Waals surface area contributed by atoms with E-state index in [1.807, 2.05) is 19.0 Å². The first-order valence-electron chi connectivity index (χ1n) is 5.65. The lowest BCUT2D eigenvalue weighted by molar-refractivity contribution is -0.134. The third-order valence-corrected chi connectivity index (χ3v) is 3.00. The lowest BCUT2D eigenvalue weighted by Gasteiger charge is -2.20.